The van der Waals surface area contributed by atoms with Crippen LogP contribution in [0.2, 0.25) is 0 Å². The lowest BCUT2D eigenvalue weighted by Crippen LogP contribution is -2.47. The molecule has 2 amide bonds. The minimum atomic E-state index is -3.26. The molecule has 0 saturated carbocycles. The summed E-state index contributed by atoms with van der Waals surface area (Å²) in [7, 11) is 0.292. The van der Waals surface area contributed by atoms with Crippen LogP contribution in [0.3, 0.4) is 0 Å². The van der Waals surface area contributed by atoms with Crippen molar-refractivity contribution in [2.45, 2.75) is 23.8 Å². The second-order valence-corrected chi connectivity index (χ2v) is 9.42. The van der Waals surface area contributed by atoms with E-state index in [9.17, 15) is 13.2 Å². The average molecular weight is 365 g/mol. The Morgan fingerprint density at radius 3 is 2.52 bits per heavy atom. The molecule has 0 aliphatic carbocycles. The zero-order chi connectivity index (χ0) is 18.0. The van der Waals surface area contributed by atoms with Crippen LogP contribution in [0.25, 0.3) is 0 Å². The fourth-order valence-electron chi connectivity index (χ4n) is 3.88. The molecule has 7 heteroatoms. The highest BCUT2D eigenvalue weighted by Gasteiger charge is 2.37. The standard InChI is InChI=1S/C18H27N3O3S/c1-19(2)18(22)21-13-15-8-9-16(14-21)20(12-15)10-11-25(23,24)17-6-4-3-5-7-17/h3-7,15-16H,8-14H2,1-2H3/t15-,16-/m0/s1. The Bertz CT molecular complexity index is 706. The SMILES string of the molecule is CN(C)C(=O)N1C[C@H]2CC[C@@H](C1)N(CCS(=O)(=O)c1ccccc1)C2. The van der Waals surface area contributed by atoms with Crippen LogP contribution in [0.5, 0.6) is 0 Å². The topological polar surface area (TPSA) is 60.9 Å². The first-order chi connectivity index (χ1) is 11.9. The van der Waals surface area contributed by atoms with Crippen molar-refractivity contribution in [3.8, 4) is 0 Å². The van der Waals surface area contributed by atoms with E-state index in [-0.39, 0.29) is 17.8 Å². The maximum atomic E-state index is 12.5. The Hall–Kier alpha value is -1.60. The minimum Gasteiger partial charge on any atom is -0.331 e. The lowest BCUT2D eigenvalue weighted by molar-refractivity contribution is 0.138. The molecule has 4 rings (SSSR count). The van der Waals surface area contributed by atoms with Crippen LogP contribution in [0, 0.1) is 5.92 Å². The smallest absolute Gasteiger partial charge is 0.319 e. The number of urea groups is 1. The van der Waals surface area contributed by atoms with Crippen molar-refractivity contribution >= 4 is 15.9 Å². The molecule has 0 unspecified atom stereocenters. The van der Waals surface area contributed by atoms with Crippen LogP contribution in [-0.4, -0.2) is 81.2 Å². The zero-order valence-electron chi connectivity index (χ0n) is 15.0. The maximum absolute atomic E-state index is 12.5. The normalized spacial score (nSPS) is 24.2. The molecule has 3 fully saturated rings. The van der Waals surface area contributed by atoms with E-state index in [1.165, 1.54) is 0 Å². The van der Waals surface area contributed by atoms with Crippen molar-refractivity contribution in [2.75, 3.05) is 46.0 Å². The first-order valence-corrected chi connectivity index (χ1v) is 10.5. The van der Waals surface area contributed by atoms with E-state index < -0.39 is 9.84 Å². The molecule has 0 radical (unpaired) electrons. The molecule has 1 aromatic carbocycles. The van der Waals surface area contributed by atoms with Gasteiger partial charge in [-0.2, -0.15) is 0 Å². The molecule has 3 aliphatic heterocycles. The van der Waals surface area contributed by atoms with Gasteiger partial charge >= 0.3 is 6.03 Å². The number of rotatable bonds is 4. The number of carbonyl (C=O) groups excluding carboxylic acids is 1. The molecule has 0 N–H and O–H groups in total. The van der Waals surface area contributed by atoms with Crippen LogP contribution in [-0.2, 0) is 9.84 Å². The third kappa shape index (κ3) is 4.15. The van der Waals surface area contributed by atoms with Gasteiger partial charge in [-0.05, 0) is 30.9 Å². The molecule has 0 spiro atoms. The third-order valence-corrected chi connectivity index (χ3v) is 6.94. The van der Waals surface area contributed by atoms with Crippen LogP contribution >= 0.6 is 0 Å². The van der Waals surface area contributed by atoms with E-state index in [0.717, 1.165) is 25.9 Å². The number of benzene rings is 1. The highest BCUT2D eigenvalue weighted by atomic mass is 32.2. The molecule has 138 valence electrons. The Morgan fingerprint density at radius 2 is 1.84 bits per heavy atom. The van der Waals surface area contributed by atoms with Gasteiger partial charge in [-0.25, -0.2) is 13.2 Å². The molecule has 0 aromatic heterocycles. The molecule has 25 heavy (non-hydrogen) atoms. The van der Waals surface area contributed by atoms with Gasteiger partial charge in [0.25, 0.3) is 0 Å². The van der Waals surface area contributed by atoms with Gasteiger partial charge < -0.3 is 9.80 Å². The zero-order valence-corrected chi connectivity index (χ0v) is 15.8. The van der Waals surface area contributed by atoms with Crippen molar-refractivity contribution in [1.29, 1.82) is 0 Å². The number of carbonyl (C=O) groups is 1. The molecule has 6 nitrogen and oxygen atoms in total. The summed E-state index contributed by atoms with van der Waals surface area (Å²) in [5.74, 6) is 0.559. The molecule has 2 bridgehead atoms. The summed E-state index contributed by atoms with van der Waals surface area (Å²) in [5.41, 5.74) is 0. The number of hydrogen-bond acceptors (Lipinski definition) is 4. The summed E-state index contributed by atoms with van der Waals surface area (Å²) in [6.45, 7) is 2.88. The van der Waals surface area contributed by atoms with E-state index in [2.05, 4.69) is 4.90 Å². The Balaban J connectivity index is 1.65. The summed E-state index contributed by atoms with van der Waals surface area (Å²) in [4.78, 5) is 18.5. The number of hydrogen-bond donors (Lipinski definition) is 0. The summed E-state index contributed by atoms with van der Waals surface area (Å²) in [6, 6.07) is 8.95. The maximum Gasteiger partial charge on any atom is 0.319 e. The fraction of sp³-hybridized carbons (Fsp3) is 0.611. The highest BCUT2D eigenvalue weighted by Crippen LogP contribution is 2.28. The number of fused-ring (bicyclic) bond motifs is 4. The Morgan fingerprint density at radius 1 is 1.12 bits per heavy atom. The van der Waals surface area contributed by atoms with Crippen LogP contribution < -0.4 is 0 Å². The third-order valence-electron chi connectivity index (χ3n) is 5.23. The van der Waals surface area contributed by atoms with Gasteiger partial charge in [-0.3, -0.25) is 4.90 Å². The number of piperidine rings is 1. The van der Waals surface area contributed by atoms with Gasteiger partial charge in [0.2, 0.25) is 0 Å². The van der Waals surface area contributed by atoms with E-state index >= 15 is 0 Å². The number of sulfone groups is 1. The van der Waals surface area contributed by atoms with Crippen molar-refractivity contribution in [2.24, 2.45) is 5.92 Å². The number of nitrogens with zero attached hydrogens (tertiary/aromatic N) is 3. The lowest BCUT2D eigenvalue weighted by atomic mass is 9.95. The summed E-state index contributed by atoms with van der Waals surface area (Å²) in [6.07, 6.45) is 2.15. The van der Waals surface area contributed by atoms with Gasteiger partial charge in [-0.1, -0.05) is 18.2 Å². The summed E-state index contributed by atoms with van der Waals surface area (Å²) >= 11 is 0. The van der Waals surface area contributed by atoms with E-state index in [4.69, 9.17) is 0 Å². The van der Waals surface area contributed by atoms with Crippen LogP contribution in [0.1, 0.15) is 12.8 Å². The van der Waals surface area contributed by atoms with Crippen molar-refractivity contribution in [3.05, 3.63) is 30.3 Å². The second-order valence-electron chi connectivity index (χ2n) is 7.31. The van der Waals surface area contributed by atoms with Crippen molar-refractivity contribution in [1.82, 2.24) is 14.7 Å². The van der Waals surface area contributed by atoms with E-state index in [1.807, 2.05) is 11.0 Å². The molecular formula is C18H27N3O3S. The molecule has 1 aromatic rings. The number of amides is 2. The van der Waals surface area contributed by atoms with Crippen LogP contribution in [0.15, 0.2) is 35.2 Å². The highest BCUT2D eigenvalue weighted by molar-refractivity contribution is 7.91. The van der Waals surface area contributed by atoms with Crippen molar-refractivity contribution < 1.29 is 13.2 Å². The molecular weight excluding hydrogens is 338 g/mol. The molecule has 3 aliphatic rings. The van der Waals surface area contributed by atoms with Gasteiger partial charge in [0, 0.05) is 46.3 Å². The predicted molar refractivity (Wildman–Crippen MR) is 97.2 cm³/mol. The van der Waals surface area contributed by atoms with Gasteiger partial charge in [0.05, 0.1) is 10.6 Å². The predicted octanol–water partition coefficient (Wildman–Crippen LogP) is 1.54. The first kappa shape index (κ1) is 18.2. The Labute approximate surface area is 150 Å². The fourth-order valence-corrected chi connectivity index (χ4v) is 5.16. The second kappa shape index (κ2) is 7.33. The monoisotopic (exact) mass is 365 g/mol. The van der Waals surface area contributed by atoms with Crippen molar-refractivity contribution in [3.63, 3.8) is 0 Å². The van der Waals surface area contributed by atoms with E-state index in [0.29, 0.717) is 23.9 Å². The average Bonchev–Trinajstić information content (AvgIpc) is 2.92. The first-order valence-electron chi connectivity index (χ1n) is 8.85. The Kier molecular flexibility index (Phi) is 5.34. The summed E-state index contributed by atoms with van der Waals surface area (Å²) in [5, 5.41) is 0. The van der Waals surface area contributed by atoms with Crippen LogP contribution in [0.4, 0.5) is 4.79 Å². The quantitative estimate of drug-likeness (QED) is 0.812. The van der Waals surface area contributed by atoms with Gasteiger partial charge in [-0.15, -0.1) is 0 Å². The summed E-state index contributed by atoms with van der Waals surface area (Å²) < 4.78 is 25.1. The molecule has 3 saturated heterocycles. The molecule has 2 atom stereocenters. The van der Waals surface area contributed by atoms with E-state index in [1.54, 1.807) is 43.3 Å². The van der Waals surface area contributed by atoms with Gasteiger partial charge in [0.15, 0.2) is 9.84 Å². The largest absolute Gasteiger partial charge is 0.331 e. The molecule has 3 heterocycles. The minimum absolute atomic E-state index is 0.0515. The van der Waals surface area contributed by atoms with Gasteiger partial charge in [0.1, 0.15) is 0 Å². The lowest BCUT2D eigenvalue weighted by Gasteiger charge is -2.35.